The van der Waals surface area contributed by atoms with Crippen LogP contribution in [0.1, 0.15) is 44.7 Å². The number of hydrogen-bond donors (Lipinski definition) is 4. The molecule has 0 heterocycles. The van der Waals surface area contributed by atoms with Gasteiger partial charge in [0.15, 0.2) is 0 Å². The predicted molar refractivity (Wildman–Crippen MR) is 197 cm³/mol. The lowest BCUT2D eigenvalue weighted by atomic mass is 10.1. The summed E-state index contributed by atoms with van der Waals surface area (Å²) in [7, 11) is 0. The molecule has 0 saturated heterocycles. The minimum Gasteiger partial charge on any atom is -0.355 e. The Morgan fingerprint density at radius 3 is 1.64 bits per heavy atom. The van der Waals surface area contributed by atoms with Crippen LogP contribution in [0.4, 0.5) is 31.5 Å². The van der Waals surface area contributed by atoms with Gasteiger partial charge in [0.2, 0.25) is 0 Å². The van der Waals surface area contributed by atoms with Crippen LogP contribution in [0.3, 0.4) is 0 Å². The zero-order valence-corrected chi connectivity index (χ0v) is 30.1. The molecule has 1 saturated carbocycles. The van der Waals surface area contributed by atoms with Gasteiger partial charge in [-0.15, -0.1) is 6.58 Å². The summed E-state index contributed by atoms with van der Waals surface area (Å²) in [6, 6.07) is 19.6. The van der Waals surface area contributed by atoms with E-state index < -0.39 is 17.5 Å². The van der Waals surface area contributed by atoms with E-state index in [0.29, 0.717) is 29.5 Å². The summed E-state index contributed by atoms with van der Waals surface area (Å²) in [5.41, 5.74) is 9.78. The van der Waals surface area contributed by atoms with E-state index >= 15 is 0 Å². The van der Waals surface area contributed by atoms with Crippen molar-refractivity contribution >= 4 is 79.7 Å². The summed E-state index contributed by atoms with van der Waals surface area (Å²) in [6.45, 7) is 8.10. The second kappa shape index (κ2) is 17.5. The van der Waals surface area contributed by atoms with Crippen molar-refractivity contribution in [2.24, 2.45) is 5.92 Å². The second-order valence-electron chi connectivity index (χ2n) is 10.8. The van der Waals surface area contributed by atoms with Crippen molar-refractivity contribution in [3.05, 3.63) is 126 Å². The van der Waals surface area contributed by atoms with E-state index in [0.717, 1.165) is 42.5 Å². The van der Waals surface area contributed by atoms with Gasteiger partial charge in [-0.3, -0.25) is 19.3 Å². The Hall–Kier alpha value is -3.60. The number of benzene rings is 4. The SMILES string of the molecule is C=CCONC(=O)c1ccc(F)cc1Nc1ccc(I)cc1C.Cc1cc(I)ccc1Nc1cc(F)ccc1C(=O)NOCC1CC1. The van der Waals surface area contributed by atoms with Crippen molar-refractivity contribution in [1.82, 2.24) is 11.0 Å². The molecule has 4 N–H and O–H groups in total. The molecular formula is C35H34F2I2N4O4. The first-order chi connectivity index (χ1) is 22.5. The van der Waals surface area contributed by atoms with Crippen molar-refractivity contribution in [2.45, 2.75) is 26.7 Å². The number of halogens is 4. The lowest BCUT2D eigenvalue weighted by Gasteiger charge is -2.14. The molecule has 8 nitrogen and oxygen atoms in total. The van der Waals surface area contributed by atoms with Crippen LogP contribution in [-0.4, -0.2) is 25.0 Å². The van der Waals surface area contributed by atoms with E-state index in [9.17, 15) is 18.4 Å². The highest BCUT2D eigenvalue weighted by Gasteiger charge is 2.22. The van der Waals surface area contributed by atoms with Gasteiger partial charge in [-0.25, -0.2) is 19.7 Å². The molecule has 4 aromatic rings. The zero-order valence-electron chi connectivity index (χ0n) is 25.8. The predicted octanol–water partition coefficient (Wildman–Crippen LogP) is 8.88. The Balaban J connectivity index is 0.000000213. The topological polar surface area (TPSA) is 101 Å². The van der Waals surface area contributed by atoms with Crippen LogP contribution in [0.5, 0.6) is 0 Å². The largest absolute Gasteiger partial charge is 0.355 e. The Bertz CT molecular complexity index is 1750. The monoisotopic (exact) mass is 866 g/mol. The van der Waals surface area contributed by atoms with Crippen LogP contribution >= 0.6 is 45.2 Å². The molecule has 0 radical (unpaired) electrons. The van der Waals surface area contributed by atoms with Gasteiger partial charge in [0.1, 0.15) is 11.6 Å². The highest BCUT2D eigenvalue weighted by Crippen LogP contribution is 2.29. The number of aryl methyl sites for hydroxylation is 2. The number of amides is 2. The first kappa shape index (κ1) is 36.2. The van der Waals surface area contributed by atoms with Crippen molar-refractivity contribution in [3.8, 4) is 0 Å². The minimum atomic E-state index is -0.461. The summed E-state index contributed by atoms with van der Waals surface area (Å²) >= 11 is 4.45. The van der Waals surface area contributed by atoms with Gasteiger partial charge in [-0.05, 0) is 162 Å². The molecule has 0 atom stereocenters. The van der Waals surface area contributed by atoms with Crippen molar-refractivity contribution in [1.29, 1.82) is 0 Å². The summed E-state index contributed by atoms with van der Waals surface area (Å²) in [5.74, 6) is -1.14. The Kier molecular flexibility index (Phi) is 13.5. The van der Waals surface area contributed by atoms with Gasteiger partial charge in [-0.1, -0.05) is 6.08 Å². The van der Waals surface area contributed by atoms with E-state index in [1.54, 1.807) is 0 Å². The zero-order chi connectivity index (χ0) is 33.9. The molecule has 1 aliphatic carbocycles. The van der Waals surface area contributed by atoms with E-state index in [1.165, 1.54) is 42.5 Å². The molecule has 47 heavy (non-hydrogen) atoms. The Morgan fingerprint density at radius 2 is 1.21 bits per heavy atom. The summed E-state index contributed by atoms with van der Waals surface area (Å²) < 4.78 is 29.4. The molecule has 4 aromatic carbocycles. The normalized spacial score (nSPS) is 12.0. The average molecular weight is 866 g/mol. The Morgan fingerprint density at radius 1 is 0.745 bits per heavy atom. The maximum absolute atomic E-state index is 13.6. The molecule has 0 aliphatic heterocycles. The molecule has 5 rings (SSSR count). The first-order valence-corrected chi connectivity index (χ1v) is 16.8. The number of rotatable bonds is 12. The van der Waals surface area contributed by atoms with Crippen LogP contribution in [0.2, 0.25) is 0 Å². The highest BCUT2D eigenvalue weighted by atomic mass is 127. The quantitative estimate of drug-likeness (QED) is 0.0492. The number of carbonyl (C=O) groups is 2. The fourth-order valence-corrected chi connectivity index (χ4v) is 5.54. The summed E-state index contributed by atoms with van der Waals surface area (Å²) in [5, 5.41) is 6.24. The molecule has 12 heteroatoms. The molecule has 0 unspecified atom stereocenters. The van der Waals surface area contributed by atoms with E-state index in [4.69, 9.17) is 9.68 Å². The van der Waals surface area contributed by atoms with Crippen LogP contribution in [0, 0.1) is 38.5 Å². The molecule has 0 aromatic heterocycles. The van der Waals surface area contributed by atoms with Crippen molar-refractivity contribution in [3.63, 3.8) is 0 Å². The maximum atomic E-state index is 13.6. The minimum absolute atomic E-state index is 0.186. The van der Waals surface area contributed by atoms with Gasteiger partial charge in [0.05, 0.1) is 35.7 Å². The molecule has 0 bridgehead atoms. The molecule has 1 aliphatic rings. The highest BCUT2D eigenvalue weighted by molar-refractivity contribution is 14.1. The number of hydroxylamine groups is 2. The molecular weight excluding hydrogens is 832 g/mol. The van der Waals surface area contributed by atoms with Gasteiger partial charge < -0.3 is 10.6 Å². The third-order valence-corrected chi connectivity index (χ3v) is 8.26. The second-order valence-corrected chi connectivity index (χ2v) is 13.3. The Labute approximate surface area is 299 Å². The average Bonchev–Trinajstić information content (AvgIpc) is 3.85. The van der Waals surface area contributed by atoms with Crippen LogP contribution in [0.25, 0.3) is 0 Å². The van der Waals surface area contributed by atoms with E-state index in [-0.39, 0.29) is 18.1 Å². The maximum Gasteiger partial charge on any atom is 0.276 e. The number of nitrogens with one attached hydrogen (secondary N) is 4. The summed E-state index contributed by atoms with van der Waals surface area (Å²) in [6.07, 6.45) is 3.80. The third kappa shape index (κ3) is 11.3. The molecule has 0 spiro atoms. The van der Waals surface area contributed by atoms with E-state index in [1.807, 2.05) is 50.2 Å². The molecule has 2 amide bonds. The third-order valence-electron chi connectivity index (χ3n) is 6.91. The van der Waals surface area contributed by atoms with Gasteiger partial charge in [-0.2, -0.15) is 0 Å². The lowest BCUT2D eigenvalue weighted by molar-refractivity contribution is 0.0271. The van der Waals surface area contributed by atoms with Gasteiger partial charge in [0, 0.05) is 18.5 Å². The number of hydrogen-bond acceptors (Lipinski definition) is 6. The lowest BCUT2D eigenvalue weighted by Crippen LogP contribution is -2.25. The van der Waals surface area contributed by atoms with Gasteiger partial charge in [0.25, 0.3) is 11.8 Å². The first-order valence-electron chi connectivity index (χ1n) is 14.6. The van der Waals surface area contributed by atoms with E-state index in [2.05, 4.69) is 73.4 Å². The van der Waals surface area contributed by atoms with Crippen molar-refractivity contribution < 1.29 is 28.0 Å². The van der Waals surface area contributed by atoms with Crippen molar-refractivity contribution in [2.75, 3.05) is 23.8 Å². The molecule has 1 fully saturated rings. The number of anilines is 4. The van der Waals surface area contributed by atoms with Crippen LogP contribution in [0.15, 0.2) is 85.5 Å². The smallest absolute Gasteiger partial charge is 0.276 e. The number of carbonyl (C=O) groups excluding carboxylic acids is 2. The molecule has 246 valence electrons. The fourth-order valence-electron chi connectivity index (χ4n) is 4.25. The fraction of sp³-hybridized carbons (Fsp3) is 0.200. The summed E-state index contributed by atoms with van der Waals surface area (Å²) in [4.78, 5) is 34.6. The van der Waals surface area contributed by atoms with Crippen LogP contribution in [-0.2, 0) is 9.68 Å². The van der Waals surface area contributed by atoms with Crippen LogP contribution < -0.4 is 21.6 Å². The van der Waals surface area contributed by atoms with Gasteiger partial charge >= 0.3 is 0 Å². The standard InChI is InChI=1S/C18H18FIN2O2.C17H16FIN2O2/c1-11-8-14(20)5-7-16(11)21-17-9-13(19)4-6-15(17)18(23)22-24-10-12-2-3-12;1-3-8-23-21-17(22)14-6-4-12(18)10-16(14)20-15-7-5-13(19)9-11(15)2/h4-9,12,21H,2-3,10H2,1H3,(H,22,23);3-7,9-10,20H,1,8H2,2H3,(H,21,22).